The van der Waals surface area contributed by atoms with Gasteiger partial charge in [-0.05, 0) is 63.9 Å². The van der Waals surface area contributed by atoms with Crippen LogP contribution in [0.3, 0.4) is 0 Å². The number of aromatic nitrogens is 3. The Morgan fingerprint density at radius 1 is 0.827 bits per heavy atom. The first-order valence-electron chi connectivity index (χ1n) is 17.8. The van der Waals surface area contributed by atoms with Gasteiger partial charge in [0.25, 0.3) is 0 Å². The number of hydrogen-bond donors (Lipinski definition) is 3. The van der Waals surface area contributed by atoms with Crippen molar-refractivity contribution in [2.75, 3.05) is 17.6 Å². The Labute approximate surface area is 309 Å². The van der Waals surface area contributed by atoms with Gasteiger partial charge < -0.3 is 15.7 Å². The quantitative estimate of drug-likeness (QED) is 0.0982. The van der Waals surface area contributed by atoms with Crippen LogP contribution in [0.15, 0.2) is 127 Å². The molecule has 0 bridgehead atoms. The van der Waals surface area contributed by atoms with E-state index in [-0.39, 0.29) is 19.0 Å². The number of anilines is 1. The highest BCUT2D eigenvalue weighted by molar-refractivity contribution is 7.98. The summed E-state index contributed by atoms with van der Waals surface area (Å²) in [5, 5.41) is 29.1. The van der Waals surface area contributed by atoms with Crippen LogP contribution in [0.4, 0.5) is 14.6 Å². The highest BCUT2D eigenvalue weighted by atomic mass is 32.2. The molecule has 52 heavy (non-hydrogen) atoms. The van der Waals surface area contributed by atoms with E-state index in [0.717, 1.165) is 40.7 Å². The van der Waals surface area contributed by atoms with E-state index < -0.39 is 29.3 Å². The van der Waals surface area contributed by atoms with Crippen LogP contribution >= 0.6 is 11.8 Å². The van der Waals surface area contributed by atoms with Gasteiger partial charge in [-0.1, -0.05) is 116 Å². The molecule has 0 saturated carbocycles. The molecule has 1 aliphatic heterocycles. The van der Waals surface area contributed by atoms with Crippen LogP contribution in [0.2, 0.25) is 0 Å². The van der Waals surface area contributed by atoms with Crippen LogP contribution in [-0.2, 0) is 24.1 Å². The van der Waals surface area contributed by atoms with Gasteiger partial charge in [0.05, 0.1) is 17.7 Å². The number of halogens is 2. The van der Waals surface area contributed by atoms with E-state index in [2.05, 4.69) is 72.2 Å². The molecule has 1 aliphatic rings. The molecule has 6 aromatic rings. The maximum atomic E-state index is 14.4. The van der Waals surface area contributed by atoms with Crippen LogP contribution < -0.4 is 16.2 Å². The molecule has 1 aromatic heterocycles. The van der Waals surface area contributed by atoms with E-state index >= 15 is 0 Å². The van der Waals surface area contributed by atoms with Gasteiger partial charge in [-0.25, -0.2) is 8.78 Å². The minimum absolute atomic E-state index is 0.0630. The minimum atomic E-state index is -0.942. The van der Waals surface area contributed by atoms with Crippen molar-refractivity contribution in [2.24, 2.45) is 0 Å². The molecule has 3 unspecified atom stereocenters. The van der Waals surface area contributed by atoms with Gasteiger partial charge in [-0.15, -0.1) is 5.10 Å². The van der Waals surface area contributed by atoms with Crippen LogP contribution in [-0.4, -0.2) is 52.4 Å². The third-order valence-electron chi connectivity index (χ3n) is 9.93. The molecule has 0 fully saturated rings. The third-order valence-corrected chi connectivity index (χ3v) is 11.0. The van der Waals surface area contributed by atoms with Gasteiger partial charge in [0.15, 0.2) is 19.2 Å². The van der Waals surface area contributed by atoms with Crippen molar-refractivity contribution in [2.45, 2.75) is 49.2 Å². The summed E-state index contributed by atoms with van der Waals surface area (Å²) in [5.41, 5.74) is 6.88. The summed E-state index contributed by atoms with van der Waals surface area (Å²) in [4.78, 5) is 1.75. The molecular weight excluding hydrogens is 671 g/mol. The Balaban J connectivity index is 1.25. The minimum Gasteiger partial charge on any atom is -0.390 e. The number of aliphatic hydroxyl groups is 1. The van der Waals surface area contributed by atoms with Crippen molar-refractivity contribution in [3.63, 3.8) is 0 Å². The van der Waals surface area contributed by atoms with Crippen LogP contribution in [0, 0.1) is 11.6 Å². The van der Waals surface area contributed by atoms with E-state index in [0.29, 0.717) is 17.0 Å². The highest BCUT2D eigenvalue weighted by Gasteiger charge is 2.41. The van der Waals surface area contributed by atoms with Gasteiger partial charge in [0.1, 0.15) is 11.6 Å². The number of benzene rings is 5. The van der Waals surface area contributed by atoms with Crippen LogP contribution in [0.1, 0.15) is 51.9 Å². The molecule has 0 aliphatic carbocycles. The fraction of sp³-hybridized carbons (Fsp3) is 0.238. The standard InChI is InChI=1S/C42H42BF2N5OS/c1-2-28-18-19-30-26-52-27-38(36(30)22-28)46-25-39(51)37(23-29-20-34(44)24-35(45)21-29)47-41-40(43)48-50(49-41)42(31-12-6-3-7-13-31,32-14-8-4-9-15-32)33-16-10-5-11-17-33/h3-22,24,37-39,46,51H,2,23,25-27,43H2,1H3,(H,47,49). The largest absolute Gasteiger partial charge is 0.390 e. The first kappa shape index (κ1) is 35.6. The van der Waals surface area contributed by atoms with E-state index in [1.165, 1.54) is 28.8 Å². The summed E-state index contributed by atoms with van der Waals surface area (Å²) in [6.45, 7) is 2.41. The van der Waals surface area contributed by atoms with Crippen molar-refractivity contribution in [1.29, 1.82) is 0 Å². The summed E-state index contributed by atoms with van der Waals surface area (Å²) in [7, 11) is 1.88. The number of aliphatic hydroxyl groups excluding tert-OH is 1. The molecule has 3 atom stereocenters. The topological polar surface area (TPSA) is 75.0 Å². The molecule has 10 heteroatoms. The lowest BCUT2D eigenvalue weighted by atomic mass is 9.77. The van der Waals surface area contributed by atoms with E-state index in [1.54, 1.807) is 4.80 Å². The lowest BCUT2D eigenvalue weighted by Gasteiger charge is -2.35. The Morgan fingerprint density at radius 2 is 1.42 bits per heavy atom. The SMILES string of the molecule is Bc1nn(C(c2ccccc2)(c2ccccc2)c2ccccc2)nc1NC(Cc1cc(F)cc(F)c1)C(O)CNC1CSCc2ccc(CC)cc21. The Hall–Kier alpha value is -4.77. The fourth-order valence-corrected chi connectivity index (χ4v) is 8.39. The number of nitrogens with zero attached hydrogens (tertiary/aromatic N) is 3. The second kappa shape index (κ2) is 15.9. The third kappa shape index (κ3) is 7.42. The van der Waals surface area contributed by atoms with E-state index in [9.17, 15) is 13.9 Å². The zero-order valence-electron chi connectivity index (χ0n) is 29.3. The van der Waals surface area contributed by atoms with E-state index in [1.807, 2.05) is 74.2 Å². The number of rotatable bonds is 13. The van der Waals surface area contributed by atoms with Gasteiger partial charge in [0.2, 0.25) is 0 Å². The summed E-state index contributed by atoms with van der Waals surface area (Å²) in [6.07, 6.45) is 0.162. The van der Waals surface area contributed by atoms with Gasteiger partial charge in [0, 0.05) is 30.2 Å². The zero-order valence-corrected chi connectivity index (χ0v) is 30.2. The van der Waals surface area contributed by atoms with Crippen LogP contribution in [0.5, 0.6) is 0 Å². The molecule has 2 heterocycles. The summed E-state index contributed by atoms with van der Waals surface area (Å²) < 4.78 is 28.8. The Kier molecular flexibility index (Phi) is 10.9. The van der Waals surface area contributed by atoms with Crippen LogP contribution in [0.25, 0.3) is 0 Å². The smallest absolute Gasteiger partial charge is 0.171 e. The average Bonchev–Trinajstić information content (AvgIpc) is 3.53. The maximum absolute atomic E-state index is 14.4. The normalized spacial score (nSPS) is 15.5. The molecule has 0 amide bonds. The lowest BCUT2D eigenvalue weighted by molar-refractivity contribution is 0.145. The van der Waals surface area contributed by atoms with Crippen molar-refractivity contribution in [3.05, 3.63) is 178 Å². The molecular formula is C42H42BF2N5OS. The predicted molar refractivity (Wildman–Crippen MR) is 209 cm³/mol. The summed E-state index contributed by atoms with van der Waals surface area (Å²) >= 11 is 1.86. The molecule has 0 saturated heterocycles. The van der Waals surface area contributed by atoms with Gasteiger partial charge in [-0.2, -0.15) is 21.7 Å². The van der Waals surface area contributed by atoms with Gasteiger partial charge in [-0.3, -0.25) is 0 Å². The van der Waals surface area contributed by atoms with Crippen molar-refractivity contribution < 1.29 is 13.9 Å². The Bertz CT molecular complexity index is 1980. The van der Waals surface area contributed by atoms with Crippen molar-refractivity contribution in [1.82, 2.24) is 20.3 Å². The molecule has 5 aromatic carbocycles. The first-order valence-corrected chi connectivity index (χ1v) is 18.9. The number of hydrogen-bond acceptors (Lipinski definition) is 6. The van der Waals surface area contributed by atoms with Gasteiger partial charge >= 0.3 is 0 Å². The monoisotopic (exact) mass is 713 g/mol. The van der Waals surface area contributed by atoms with E-state index in [4.69, 9.17) is 10.2 Å². The molecule has 6 nitrogen and oxygen atoms in total. The number of fused-ring (bicyclic) bond motifs is 1. The number of thioether (sulfide) groups is 1. The number of nitrogens with one attached hydrogen (secondary N) is 2. The molecule has 0 radical (unpaired) electrons. The second-order valence-corrected chi connectivity index (χ2v) is 14.4. The molecule has 0 spiro atoms. The fourth-order valence-electron chi connectivity index (χ4n) is 7.26. The maximum Gasteiger partial charge on any atom is 0.171 e. The molecule has 3 N–H and O–H groups in total. The summed E-state index contributed by atoms with van der Waals surface area (Å²) in [5.74, 6) is 0.988. The molecule has 264 valence electrons. The second-order valence-electron chi connectivity index (χ2n) is 13.4. The zero-order chi connectivity index (χ0) is 36.1. The lowest BCUT2D eigenvalue weighted by Crippen LogP contribution is -2.44. The Morgan fingerprint density at radius 3 is 2.00 bits per heavy atom. The summed E-state index contributed by atoms with van der Waals surface area (Å²) in [6, 6.07) is 40.0. The predicted octanol–water partition coefficient (Wildman–Crippen LogP) is 6.18. The molecule has 7 rings (SSSR count). The first-order chi connectivity index (χ1) is 25.3. The highest BCUT2D eigenvalue weighted by Crippen LogP contribution is 2.40. The van der Waals surface area contributed by atoms with Crippen molar-refractivity contribution >= 4 is 31.0 Å². The number of aryl methyl sites for hydroxylation is 1. The van der Waals surface area contributed by atoms with Crippen molar-refractivity contribution in [3.8, 4) is 0 Å². The average molecular weight is 714 g/mol.